The topological polar surface area (TPSA) is 47.3 Å². The molecule has 1 N–H and O–H groups in total. The molecule has 1 aromatic heterocycles. The predicted molar refractivity (Wildman–Crippen MR) is 75.5 cm³/mol. The number of hydrogen-bond acceptors (Lipinski definition) is 3. The number of aliphatic hydroxyl groups is 1. The van der Waals surface area contributed by atoms with E-state index in [-0.39, 0.29) is 24.7 Å². The van der Waals surface area contributed by atoms with Crippen molar-refractivity contribution in [3.63, 3.8) is 0 Å². The Morgan fingerprint density at radius 3 is 2.50 bits per heavy atom. The fourth-order valence-electron chi connectivity index (χ4n) is 2.84. The number of nitrogens with zero attached hydrogens (tertiary/aromatic N) is 2. The maximum Gasteiger partial charge on any atom is 0.435 e. The first-order valence-corrected chi connectivity index (χ1v) is 7.86. The van der Waals surface area contributed by atoms with E-state index in [4.69, 9.17) is 9.84 Å². The summed E-state index contributed by atoms with van der Waals surface area (Å²) in [5, 5.41) is 12.5. The summed E-state index contributed by atoms with van der Waals surface area (Å²) in [6.07, 6.45) is 3.89. The summed E-state index contributed by atoms with van der Waals surface area (Å²) in [6.45, 7) is 0.334. The zero-order chi connectivity index (χ0) is 16.0. The monoisotopic (exact) mass is 320 g/mol. The molecule has 4 nitrogen and oxygen atoms in total. The van der Waals surface area contributed by atoms with Crippen molar-refractivity contribution >= 4 is 0 Å². The normalized spacial score (nSPS) is 17.6. The molecule has 1 aliphatic rings. The van der Waals surface area contributed by atoms with Crippen molar-refractivity contribution in [2.75, 3.05) is 13.2 Å². The maximum atomic E-state index is 12.9. The molecule has 0 atom stereocenters. The lowest BCUT2D eigenvalue weighted by atomic mass is 10.1. The van der Waals surface area contributed by atoms with E-state index in [1.54, 1.807) is 0 Å². The molecular weight excluding hydrogens is 297 g/mol. The van der Waals surface area contributed by atoms with E-state index >= 15 is 0 Å². The largest absolute Gasteiger partial charge is 0.435 e. The summed E-state index contributed by atoms with van der Waals surface area (Å²) in [4.78, 5) is 0. The van der Waals surface area contributed by atoms with Crippen molar-refractivity contribution in [3.05, 3.63) is 17.5 Å². The fraction of sp³-hybridized carbons (Fsp3) is 0.800. The van der Waals surface area contributed by atoms with Crippen LogP contribution in [0.15, 0.2) is 6.20 Å². The number of aliphatic hydroxyl groups excluding tert-OH is 1. The summed E-state index contributed by atoms with van der Waals surface area (Å²) < 4.78 is 45.6. The van der Waals surface area contributed by atoms with Crippen molar-refractivity contribution in [2.24, 2.45) is 0 Å². The molecule has 2 rings (SSSR count). The first-order valence-electron chi connectivity index (χ1n) is 7.86. The molecule has 0 unspecified atom stereocenters. The van der Waals surface area contributed by atoms with E-state index in [0.717, 1.165) is 25.7 Å². The van der Waals surface area contributed by atoms with E-state index in [0.29, 0.717) is 13.2 Å². The van der Waals surface area contributed by atoms with Gasteiger partial charge in [-0.3, -0.25) is 4.68 Å². The van der Waals surface area contributed by atoms with E-state index in [1.165, 1.54) is 23.7 Å². The van der Waals surface area contributed by atoms with Crippen LogP contribution in [0.2, 0.25) is 0 Å². The van der Waals surface area contributed by atoms with Crippen molar-refractivity contribution in [1.82, 2.24) is 9.78 Å². The Morgan fingerprint density at radius 1 is 1.23 bits per heavy atom. The summed E-state index contributed by atoms with van der Waals surface area (Å²) in [6, 6.07) is 0. The van der Waals surface area contributed by atoms with Crippen LogP contribution in [0.3, 0.4) is 0 Å². The summed E-state index contributed by atoms with van der Waals surface area (Å²) in [5.74, 6) is 0. The quantitative estimate of drug-likeness (QED) is 0.819. The van der Waals surface area contributed by atoms with Crippen LogP contribution in [0.4, 0.5) is 13.2 Å². The Morgan fingerprint density at radius 2 is 1.91 bits per heavy atom. The molecule has 0 bridgehead atoms. The zero-order valence-electron chi connectivity index (χ0n) is 12.6. The highest BCUT2D eigenvalue weighted by Gasteiger charge is 2.36. The second-order valence-electron chi connectivity index (χ2n) is 5.72. The molecule has 7 heteroatoms. The van der Waals surface area contributed by atoms with Crippen molar-refractivity contribution in [1.29, 1.82) is 0 Å². The van der Waals surface area contributed by atoms with E-state index in [2.05, 4.69) is 5.10 Å². The Hall–Kier alpha value is -1.08. The van der Waals surface area contributed by atoms with Gasteiger partial charge in [-0.15, -0.1) is 0 Å². The minimum Gasteiger partial charge on any atom is -0.396 e. The highest BCUT2D eigenvalue weighted by molar-refractivity contribution is 5.20. The Kier molecular flexibility index (Phi) is 6.26. The average molecular weight is 320 g/mol. The van der Waals surface area contributed by atoms with Gasteiger partial charge in [0, 0.05) is 18.4 Å². The van der Waals surface area contributed by atoms with Crippen LogP contribution < -0.4 is 0 Å². The fourth-order valence-corrected chi connectivity index (χ4v) is 2.84. The minimum absolute atomic E-state index is 0.0319. The van der Waals surface area contributed by atoms with Crippen LogP contribution in [0, 0.1) is 0 Å². The highest BCUT2D eigenvalue weighted by Crippen LogP contribution is 2.30. The number of rotatable bonds is 6. The third kappa shape index (κ3) is 4.98. The lowest BCUT2D eigenvalue weighted by Gasteiger charge is -2.15. The number of alkyl halides is 3. The average Bonchev–Trinajstić information content (AvgIpc) is 2.68. The molecule has 1 heterocycles. The molecule has 1 aromatic rings. The van der Waals surface area contributed by atoms with Crippen molar-refractivity contribution < 1.29 is 23.0 Å². The molecule has 1 fully saturated rings. The summed E-state index contributed by atoms with van der Waals surface area (Å²) in [7, 11) is 0. The predicted octanol–water partition coefficient (Wildman–Crippen LogP) is 3.18. The second-order valence-corrected chi connectivity index (χ2v) is 5.72. The standard InChI is InChI=1S/C15H23F3N2O2/c16-15(17,18)14-12(7-9-21)11-20(19-14)8-10-22-13-5-3-1-2-4-6-13/h11,13,21H,1-10H2. The van der Waals surface area contributed by atoms with Crippen LogP contribution in [-0.2, 0) is 23.9 Å². The van der Waals surface area contributed by atoms with Gasteiger partial charge < -0.3 is 9.84 Å². The summed E-state index contributed by atoms with van der Waals surface area (Å²) in [5.41, 5.74) is -0.875. The van der Waals surface area contributed by atoms with Crippen LogP contribution in [0.1, 0.15) is 49.8 Å². The van der Waals surface area contributed by atoms with Gasteiger partial charge in [0.15, 0.2) is 5.69 Å². The van der Waals surface area contributed by atoms with Gasteiger partial charge in [-0.05, 0) is 19.3 Å². The molecule has 1 saturated carbocycles. The molecule has 0 aromatic carbocycles. The molecule has 0 amide bonds. The Bertz CT molecular complexity index is 452. The molecule has 22 heavy (non-hydrogen) atoms. The summed E-state index contributed by atoms with van der Waals surface area (Å²) >= 11 is 0. The Balaban J connectivity index is 1.89. The van der Waals surface area contributed by atoms with Gasteiger partial charge in [-0.25, -0.2) is 0 Å². The van der Waals surface area contributed by atoms with Gasteiger partial charge in [0.1, 0.15) is 0 Å². The van der Waals surface area contributed by atoms with E-state index in [9.17, 15) is 13.2 Å². The molecule has 0 radical (unpaired) electrons. The van der Waals surface area contributed by atoms with E-state index in [1.807, 2.05) is 0 Å². The second kappa shape index (κ2) is 7.97. The van der Waals surface area contributed by atoms with Gasteiger partial charge in [0.2, 0.25) is 0 Å². The number of halogens is 3. The van der Waals surface area contributed by atoms with Gasteiger partial charge in [0.05, 0.1) is 19.3 Å². The van der Waals surface area contributed by atoms with E-state index < -0.39 is 11.9 Å². The lowest BCUT2D eigenvalue weighted by molar-refractivity contribution is -0.142. The molecule has 126 valence electrons. The molecule has 0 spiro atoms. The Labute approximate surface area is 128 Å². The lowest BCUT2D eigenvalue weighted by Crippen LogP contribution is -2.16. The molecule has 0 saturated heterocycles. The van der Waals surface area contributed by atoms with Crippen molar-refractivity contribution in [2.45, 2.75) is 63.8 Å². The van der Waals surface area contributed by atoms with Gasteiger partial charge in [-0.2, -0.15) is 18.3 Å². The smallest absolute Gasteiger partial charge is 0.396 e. The third-order valence-corrected chi connectivity index (χ3v) is 3.96. The molecule has 1 aliphatic carbocycles. The van der Waals surface area contributed by atoms with Gasteiger partial charge in [-0.1, -0.05) is 25.7 Å². The first-order chi connectivity index (χ1) is 10.5. The first kappa shape index (κ1) is 17.3. The van der Waals surface area contributed by atoms with Crippen molar-refractivity contribution in [3.8, 4) is 0 Å². The number of hydrogen-bond donors (Lipinski definition) is 1. The molecular formula is C15H23F3N2O2. The minimum atomic E-state index is -4.49. The number of aromatic nitrogens is 2. The van der Waals surface area contributed by atoms with Gasteiger partial charge in [0.25, 0.3) is 0 Å². The SMILES string of the molecule is OCCc1cn(CCOC2CCCCCC2)nc1C(F)(F)F. The number of ether oxygens (including phenoxy) is 1. The van der Waals surface area contributed by atoms with Crippen LogP contribution in [0.5, 0.6) is 0 Å². The van der Waals surface area contributed by atoms with Gasteiger partial charge >= 0.3 is 6.18 Å². The third-order valence-electron chi connectivity index (χ3n) is 3.96. The zero-order valence-corrected chi connectivity index (χ0v) is 12.6. The van der Waals surface area contributed by atoms with Crippen LogP contribution in [-0.4, -0.2) is 34.2 Å². The highest BCUT2D eigenvalue weighted by atomic mass is 19.4. The van der Waals surface area contributed by atoms with Crippen LogP contribution in [0.25, 0.3) is 0 Å². The molecule has 0 aliphatic heterocycles. The maximum absolute atomic E-state index is 12.9. The van der Waals surface area contributed by atoms with Crippen LogP contribution >= 0.6 is 0 Å².